The van der Waals surface area contributed by atoms with E-state index in [1.807, 2.05) is 29.0 Å². The minimum atomic E-state index is -0.115. The van der Waals surface area contributed by atoms with Gasteiger partial charge in [0.15, 0.2) is 0 Å². The highest BCUT2D eigenvalue weighted by Gasteiger charge is 2.11. The van der Waals surface area contributed by atoms with E-state index >= 15 is 0 Å². The molecular weight excluding hydrogens is 358 g/mol. The number of nitrogens with one attached hydrogen (secondary N) is 2. The van der Waals surface area contributed by atoms with E-state index in [4.69, 9.17) is 4.42 Å². The Kier molecular flexibility index (Phi) is 5.97. The maximum absolute atomic E-state index is 11.9. The standard InChI is InChI=1S/C17H17N3O3S2/c21-15(10-12-11-23-17(20-12)14-5-2-9-25-14)18-6-3-7-19-16(22)13-4-1-8-24-13/h1-2,4-5,8-9,11H,3,6-7,10H2,(H,18,21)(H,19,22). The Morgan fingerprint density at radius 2 is 1.88 bits per heavy atom. The summed E-state index contributed by atoms with van der Waals surface area (Å²) in [4.78, 5) is 29.6. The topological polar surface area (TPSA) is 84.2 Å². The van der Waals surface area contributed by atoms with Crippen molar-refractivity contribution in [2.45, 2.75) is 12.8 Å². The molecule has 0 aliphatic rings. The van der Waals surface area contributed by atoms with Crippen molar-refractivity contribution in [1.29, 1.82) is 0 Å². The van der Waals surface area contributed by atoms with E-state index in [9.17, 15) is 9.59 Å². The molecule has 0 unspecified atom stereocenters. The largest absolute Gasteiger partial charge is 0.444 e. The fraction of sp³-hybridized carbons (Fsp3) is 0.235. The fourth-order valence-corrected chi connectivity index (χ4v) is 3.44. The zero-order valence-corrected chi connectivity index (χ0v) is 15.0. The van der Waals surface area contributed by atoms with Crippen LogP contribution in [0, 0.1) is 0 Å². The summed E-state index contributed by atoms with van der Waals surface area (Å²) < 4.78 is 5.39. The van der Waals surface area contributed by atoms with Crippen LogP contribution in [0.1, 0.15) is 21.8 Å². The number of carbonyl (C=O) groups excluding carboxylic acids is 2. The molecule has 3 rings (SSSR count). The molecule has 0 spiro atoms. The number of nitrogens with zero attached hydrogens (tertiary/aromatic N) is 1. The third-order valence-corrected chi connectivity index (χ3v) is 5.06. The predicted octanol–water partition coefficient (Wildman–Crippen LogP) is 2.94. The van der Waals surface area contributed by atoms with Crippen LogP contribution < -0.4 is 10.6 Å². The SMILES string of the molecule is O=C(Cc1coc(-c2cccs2)n1)NCCCNC(=O)c1cccs1. The lowest BCUT2D eigenvalue weighted by atomic mass is 10.3. The molecule has 130 valence electrons. The lowest BCUT2D eigenvalue weighted by Gasteiger charge is -2.05. The molecule has 6 nitrogen and oxygen atoms in total. The van der Waals surface area contributed by atoms with Crippen molar-refractivity contribution in [3.63, 3.8) is 0 Å². The second-order valence-corrected chi connectivity index (χ2v) is 7.13. The van der Waals surface area contributed by atoms with Gasteiger partial charge < -0.3 is 15.1 Å². The van der Waals surface area contributed by atoms with E-state index in [1.54, 1.807) is 6.07 Å². The molecule has 3 aromatic rings. The van der Waals surface area contributed by atoms with Crippen LogP contribution >= 0.6 is 22.7 Å². The average Bonchev–Trinajstić information content (AvgIpc) is 3.35. The molecule has 2 amide bonds. The van der Waals surface area contributed by atoms with Crippen molar-refractivity contribution in [3.8, 4) is 10.8 Å². The molecule has 8 heteroatoms. The van der Waals surface area contributed by atoms with Crippen molar-refractivity contribution in [2.24, 2.45) is 0 Å². The summed E-state index contributed by atoms with van der Waals surface area (Å²) in [5.74, 6) is 0.342. The van der Waals surface area contributed by atoms with E-state index < -0.39 is 0 Å². The summed E-state index contributed by atoms with van der Waals surface area (Å²) in [5, 5.41) is 9.45. The van der Waals surface area contributed by atoms with Crippen LogP contribution in [0.4, 0.5) is 0 Å². The number of aromatic nitrogens is 1. The maximum atomic E-state index is 11.9. The zero-order chi connectivity index (χ0) is 17.5. The summed E-state index contributed by atoms with van der Waals surface area (Å²) in [6, 6.07) is 7.47. The van der Waals surface area contributed by atoms with Gasteiger partial charge in [-0.3, -0.25) is 9.59 Å². The number of oxazole rings is 1. The maximum Gasteiger partial charge on any atom is 0.261 e. The van der Waals surface area contributed by atoms with Crippen LogP contribution in [-0.2, 0) is 11.2 Å². The molecule has 0 aliphatic heterocycles. The van der Waals surface area contributed by atoms with Crippen molar-refractivity contribution >= 4 is 34.5 Å². The first-order chi connectivity index (χ1) is 12.2. The molecule has 2 N–H and O–H groups in total. The van der Waals surface area contributed by atoms with Crippen molar-refractivity contribution in [2.75, 3.05) is 13.1 Å². The van der Waals surface area contributed by atoms with Gasteiger partial charge in [0.05, 0.1) is 21.9 Å². The van der Waals surface area contributed by atoms with E-state index in [0.29, 0.717) is 36.0 Å². The van der Waals surface area contributed by atoms with Gasteiger partial charge in [-0.15, -0.1) is 22.7 Å². The average molecular weight is 375 g/mol. The first kappa shape index (κ1) is 17.4. The monoisotopic (exact) mass is 375 g/mol. The summed E-state index contributed by atoms with van der Waals surface area (Å²) >= 11 is 2.94. The highest BCUT2D eigenvalue weighted by Crippen LogP contribution is 2.23. The van der Waals surface area contributed by atoms with Crippen molar-refractivity contribution in [1.82, 2.24) is 15.6 Å². The Morgan fingerprint density at radius 1 is 1.08 bits per heavy atom. The van der Waals surface area contributed by atoms with Gasteiger partial charge in [-0.1, -0.05) is 12.1 Å². The number of amides is 2. The lowest BCUT2D eigenvalue weighted by Crippen LogP contribution is -2.30. The summed E-state index contributed by atoms with van der Waals surface area (Å²) in [5.41, 5.74) is 0.604. The molecule has 25 heavy (non-hydrogen) atoms. The third-order valence-electron chi connectivity index (χ3n) is 3.33. The van der Waals surface area contributed by atoms with E-state index in [-0.39, 0.29) is 18.2 Å². The van der Waals surface area contributed by atoms with Crippen LogP contribution in [0.25, 0.3) is 10.8 Å². The van der Waals surface area contributed by atoms with Crippen LogP contribution in [0.5, 0.6) is 0 Å². The van der Waals surface area contributed by atoms with Gasteiger partial charge in [0.2, 0.25) is 11.8 Å². The molecule has 0 saturated heterocycles. The normalized spacial score (nSPS) is 10.6. The quantitative estimate of drug-likeness (QED) is 0.593. The summed E-state index contributed by atoms with van der Waals surface area (Å²) in [6.45, 7) is 1.02. The van der Waals surface area contributed by atoms with Crippen LogP contribution in [0.3, 0.4) is 0 Å². The number of hydrogen-bond acceptors (Lipinski definition) is 6. The summed E-state index contributed by atoms with van der Waals surface area (Å²) in [6.07, 6.45) is 2.36. The van der Waals surface area contributed by atoms with Gasteiger partial charge in [-0.2, -0.15) is 0 Å². The number of carbonyl (C=O) groups is 2. The molecule has 0 bridgehead atoms. The third kappa shape index (κ3) is 5.01. The van der Waals surface area contributed by atoms with Gasteiger partial charge in [-0.25, -0.2) is 4.98 Å². The Hall–Kier alpha value is -2.45. The number of rotatable bonds is 8. The smallest absolute Gasteiger partial charge is 0.261 e. The minimum Gasteiger partial charge on any atom is -0.444 e. The molecule has 0 saturated carbocycles. The Balaban J connectivity index is 1.34. The second-order valence-electron chi connectivity index (χ2n) is 5.23. The molecule has 3 heterocycles. The lowest BCUT2D eigenvalue weighted by molar-refractivity contribution is -0.120. The molecule has 0 aromatic carbocycles. The molecule has 0 radical (unpaired) electrons. The van der Waals surface area contributed by atoms with Crippen LogP contribution in [0.15, 0.2) is 45.7 Å². The van der Waals surface area contributed by atoms with Crippen molar-refractivity contribution in [3.05, 3.63) is 51.9 Å². The van der Waals surface area contributed by atoms with Crippen LogP contribution in [0.2, 0.25) is 0 Å². The van der Waals surface area contributed by atoms with Gasteiger partial charge in [0.1, 0.15) is 6.26 Å². The van der Waals surface area contributed by atoms with Gasteiger partial charge >= 0.3 is 0 Å². The zero-order valence-electron chi connectivity index (χ0n) is 13.4. The molecule has 3 aromatic heterocycles. The second kappa shape index (κ2) is 8.59. The first-order valence-corrected chi connectivity index (χ1v) is 9.55. The fourth-order valence-electron chi connectivity index (χ4n) is 2.14. The van der Waals surface area contributed by atoms with Crippen LogP contribution in [-0.4, -0.2) is 29.9 Å². The minimum absolute atomic E-state index is 0.0787. The van der Waals surface area contributed by atoms with E-state index in [2.05, 4.69) is 15.6 Å². The van der Waals surface area contributed by atoms with Gasteiger partial charge in [0.25, 0.3) is 5.91 Å². The van der Waals surface area contributed by atoms with Gasteiger partial charge in [0, 0.05) is 13.1 Å². The number of hydrogen-bond donors (Lipinski definition) is 2. The Morgan fingerprint density at radius 3 is 2.64 bits per heavy atom. The van der Waals surface area contributed by atoms with Gasteiger partial charge in [-0.05, 0) is 29.3 Å². The highest BCUT2D eigenvalue weighted by atomic mass is 32.1. The van der Waals surface area contributed by atoms with E-state index in [1.165, 1.54) is 28.9 Å². The van der Waals surface area contributed by atoms with E-state index in [0.717, 1.165) is 4.88 Å². The molecule has 0 aliphatic carbocycles. The molecule has 0 atom stereocenters. The summed E-state index contributed by atoms with van der Waals surface area (Å²) in [7, 11) is 0. The first-order valence-electron chi connectivity index (χ1n) is 7.79. The highest BCUT2D eigenvalue weighted by molar-refractivity contribution is 7.13. The predicted molar refractivity (Wildman–Crippen MR) is 97.8 cm³/mol. The molecular formula is C17H17N3O3S2. The number of thiophene rings is 2. The Bertz CT molecular complexity index is 810. The molecule has 0 fully saturated rings. The van der Waals surface area contributed by atoms with Crippen molar-refractivity contribution < 1.29 is 14.0 Å². The Labute approximate surface area is 152 Å².